The third-order valence-corrected chi connectivity index (χ3v) is 3.59. The van der Waals surface area contributed by atoms with E-state index in [1.54, 1.807) is 6.92 Å². The Balaban J connectivity index is 2.29. The van der Waals surface area contributed by atoms with Crippen LogP contribution in [0.2, 0.25) is 0 Å². The van der Waals surface area contributed by atoms with E-state index < -0.39 is 42.8 Å². The number of anilines is 1. The van der Waals surface area contributed by atoms with E-state index in [9.17, 15) is 31.1 Å². The van der Waals surface area contributed by atoms with Gasteiger partial charge < -0.3 is 10.1 Å². The quantitative estimate of drug-likeness (QED) is 0.681. The zero-order valence-electron chi connectivity index (χ0n) is 14.1. The van der Waals surface area contributed by atoms with Gasteiger partial charge in [0.25, 0.3) is 12.9 Å². The van der Waals surface area contributed by atoms with E-state index in [1.807, 2.05) is 0 Å². The van der Waals surface area contributed by atoms with Crippen LogP contribution in [0.5, 0.6) is 5.75 Å². The maximum atomic E-state index is 13.1. The Morgan fingerprint density at radius 1 is 1.11 bits per heavy atom. The molecule has 0 radical (unpaired) electrons. The summed E-state index contributed by atoms with van der Waals surface area (Å²) < 4.78 is 81.4. The minimum Gasteiger partial charge on any atom is -0.433 e. The molecule has 1 atom stereocenters. The highest BCUT2D eigenvalue weighted by atomic mass is 19.3. The first-order chi connectivity index (χ1) is 12.6. The molecule has 0 saturated carbocycles. The number of halogens is 6. The zero-order chi connectivity index (χ0) is 20.3. The summed E-state index contributed by atoms with van der Waals surface area (Å²) in [5.41, 5.74) is -1.31. The lowest BCUT2D eigenvalue weighted by molar-refractivity contribution is -0.119. The number of aromatic nitrogens is 2. The van der Waals surface area contributed by atoms with Gasteiger partial charge in [0.1, 0.15) is 23.2 Å². The van der Waals surface area contributed by atoms with Gasteiger partial charge in [-0.3, -0.25) is 9.48 Å². The Morgan fingerprint density at radius 2 is 1.78 bits per heavy atom. The van der Waals surface area contributed by atoms with Crippen molar-refractivity contribution in [3.05, 3.63) is 41.2 Å². The molecule has 1 aromatic heterocycles. The molecule has 0 saturated heterocycles. The van der Waals surface area contributed by atoms with Crippen molar-refractivity contribution < 1.29 is 35.9 Å². The number of aryl methyl sites for hydroxylation is 1. The molecule has 0 spiro atoms. The van der Waals surface area contributed by atoms with Crippen LogP contribution in [-0.2, 0) is 4.79 Å². The van der Waals surface area contributed by atoms with E-state index in [4.69, 9.17) is 0 Å². The number of hydrogen-bond acceptors (Lipinski definition) is 3. The molecule has 0 aliphatic rings. The van der Waals surface area contributed by atoms with Crippen LogP contribution < -0.4 is 10.1 Å². The van der Waals surface area contributed by atoms with Crippen LogP contribution in [0.25, 0.3) is 0 Å². The summed E-state index contributed by atoms with van der Waals surface area (Å²) in [6, 6.07) is 3.14. The molecule has 1 amide bonds. The molecule has 2 aromatic rings. The molecule has 5 nitrogen and oxygen atoms in total. The molecule has 1 unspecified atom stereocenters. The van der Waals surface area contributed by atoms with Crippen molar-refractivity contribution in [1.82, 2.24) is 9.78 Å². The van der Waals surface area contributed by atoms with Gasteiger partial charge in [-0.1, -0.05) is 6.07 Å². The summed E-state index contributed by atoms with van der Waals surface area (Å²) in [7, 11) is 0. The maximum Gasteiger partial charge on any atom is 0.387 e. The number of nitrogens with one attached hydrogen (secondary N) is 1. The number of ether oxygens (including phenoxy) is 1. The van der Waals surface area contributed by atoms with Crippen molar-refractivity contribution in [3.8, 4) is 5.75 Å². The summed E-state index contributed by atoms with van der Waals surface area (Å²) in [4.78, 5) is 12.3. The molecule has 0 aliphatic carbocycles. The van der Waals surface area contributed by atoms with Gasteiger partial charge in [0.15, 0.2) is 0 Å². The molecule has 0 aliphatic heterocycles. The van der Waals surface area contributed by atoms with Crippen LogP contribution in [0.4, 0.5) is 32.0 Å². The number of hydrogen-bond donors (Lipinski definition) is 1. The summed E-state index contributed by atoms with van der Waals surface area (Å²) in [5, 5.41) is 5.61. The molecule has 0 fully saturated rings. The fourth-order valence-electron chi connectivity index (χ4n) is 2.28. The molecule has 1 heterocycles. The van der Waals surface area contributed by atoms with Crippen molar-refractivity contribution in [2.75, 3.05) is 5.32 Å². The van der Waals surface area contributed by atoms with Crippen LogP contribution in [0.3, 0.4) is 0 Å². The van der Waals surface area contributed by atoms with Gasteiger partial charge in [0.2, 0.25) is 5.91 Å². The number of carbonyl (C=O) groups is 1. The molecule has 11 heteroatoms. The topological polar surface area (TPSA) is 56.2 Å². The fraction of sp³-hybridized carbons (Fsp3) is 0.375. The molecular weight excluding hydrogens is 380 g/mol. The van der Waals surface area contributed by atoms with E-state index in [1.165, 1.54) is 18.2 Å². The lowest BCUT2D eigenvalue weighted by atomic mass is 10.2. The van der Waals surface area contributed by atoms with Gasteiger partial charge in [-0.15, -0.1) is 0 Å². The number of carbonyl (C=O) groups excluding carboxylic acids is 1. The van der Waals surface area contributed by atoms with E-state index >= 15 is 0 Å². The monoisotopic (exact) mass is 395 g/mol. The Bertz CT molecular complexity index is 809. The lowest BCUT2D eigenvalue weighted by Crippen LogP contribution is -2.26. The van der Waals surface area contributed by atoms with Gasteiger partial charge in [-0.2, -0.15) is 13.9 Å². The third-order valence-electron chi connectivity index (χ3n) is 3.59. The highest BCUT2D eigenvalue weighted by molar-refractivity contribution is 5.94. The normalized spacial score (nSPS) is 12.7. The number of benzene rings is 1. The minimum atomic E-state index is -3.15. The number of amides is 1. The number of alkyl halides is 6. The summed E-state index contributed by atoms with van der Waals surface area (Å²) >= 11 is 0. The second-order valence-corrected chi connectivity index (χ2v) is 5.58. The summed E-state index contributed by atoms with van der Waals surface area (Å²) in [5.74, 6) is -1.25. The summed E-state index contributed by atoms with van der Waals surface area (Å²) in [6.45, 7) is -0.382. The second-order valence-electron chi connectivity index (χ2n) is 5.58. The van der Waals surface area contributed by atoms with Gasteiger partial charge in [0.05, 0.1) is 5.69 Å². The van der Waals surface area contributed by atoms with Gasteiger partial charge >= 0.3 is 6.61 Å². The zero-order valence-corrected chi connectivity index (χ0v) is 14.1. The van der Waals surface area contributed by atoms with Crippen LogP contribution in [0.15, 0.2) is 24.3 Å². The lowest BCUT2D eigenvalue weighted by Gasteiger charge is -2.17. The smallest absolute Gasteiger partial charge is 0.387 e. The van der Waals surface area contributed by atoms with E-state index in [2.05, 4.69) is 15.2 Å². The first kappa shape index (κ1) is 20.6. The molecule has 1 aromatic carbocycles. The first-order valence-corrected chi connectivity index (χ1v) is 7.62. The van der Waals surface area contributed by atoms with Crippen molar-refractivity contribution in [2.45, 2.75) is 39.4 Å². The molecular formula is C16H15F6N3O2. The van der Waals surface area contributed by atoms with Crippen LogP contribution in [0, 0.1) is 6.92 Å². The highest BCUT2D eigenvalue weighted by Gasteiger charge is 2.27. The fourth-order valence-corrected chi connectivity index (χ4v) is 2.28. The second kappa shape index (κ2) is 8.31. The molecule has 2 rings (SSSR count). The first-order valence-electron chi connectivity index (χ1n) is 7.62. The standard InChI is InChI=1S/C16H15F6N3O2/c1-7-3-4-9(12(5-7)27-16(21)22)23-15(26)8(2)25-11(14(19)20)6-10(24-25)13(17)18/h3-6,8,13-14,16H,1-2H3,(H,23,26). The predicted octanol–water partition coefficient (Wildman–Crippen LogP) is 4.87. The van der Waals surface area contributed by atoms with E-state index in [0.717, 1.165) is 6.92 Å². The minimum absolute atomic E-state index is 0.127. The van der Waals surface area contributed by atoms with Crippen molar-refractivity contribution in [3.63, 3.8) is 0 Å². The summed E-state index contributed by atoms with van der Waals surface area (Å²) in [6.07, 6.45) is -6.24. The van der Waals surface area contributed by atoms with Crippen molar-refractivity contribution >= 4 is 11.6 Å². The van der Waals surface area contributed by atoms with Crippen molar-refractivity contribution in [1.29, 1.82) is 0 Å². The predicted molar refractivity (Wildman–Crippen MR) is 83.3 cm³/mol. The van der Waals surface area contributed by atoms with Gasteiger partial charge in [0, 0.05) is 0 Å². The van der Waals surface area contributed by atoms with Crippen LogP contribution in [0.1, 0.15) is 42.8 Å². The third kappa shape index (κ3) is 4.92. The van der Waals surface area contributed by atoms with Crippen molar-refractivity contribution in [2.24, 2.45) is 0 Å². The SMILES string of the molecule is Cc1ccc(NC(=O)C(C)n2nc(C(F)F)cc2C(F)F)c(OC(F)F)c1. The number of nitrogens with zero attached hydrogens (tertiary/aromatic N) is 2. The molecule has 0 bridgehead atoms. The Labute approximate surface area is 149 Å². The Morgan fingerprint density at radius 3 is 2.33 bits per heavy atom. The Hall–Kier alpha value is -2.72. The highest BCUT2D eigenvalue weighted by Crippen LogP contribution is 2.30. The Kier molecular flexibility index (Phi) is 6.34. The van der Waals surface area contributed by atoms with Gasteiger partial charge in [-0.25, -0.2) is 17.6 Å². The molecule has 148 valence electrons. The van der Waals surface area contributed by atoms with Crippen LogP contribution >= 0.6 is 0 Å². The average molecular weight is 395 g/mol. The van der Waals surface area contributed by atoms with Crippen LogP contribution in [-0.4, -0.2) is 22.3 Å². The van der Waals surface area contributed by atoms with E-state index in [0.29, 0.717) is 16.3 Å². The average Bonchev–Trinajstić information content (AvgIpc) is 3.01. The molecule has 1 N–H and O–H groups in total. The number of rotatable bonds is 7. The maximum absolute atomic E-state index is 13.1. The largest absolute Gasteiger partial charge is 0.433 e. The molecule has 27 heavy (non-hydrogen) atoms. The van der Waals surface area contributed by atoms with E-state index in [-0.39, 0.29) is 11.4 Å². The van der Waals surface area contributed by atoms with Gasteiger partial charge in [-0.05, 0) is 37.6 Å².